The fourth-order valence-corrected chi connectivity index (χ4v) is 3.71. The molecule has 1 N–H and O–H groups in total. The summed E-state index contributed by atoms with van der Waals surface area (Å²) in [6.45, 7) is 2.28. The number of nitrogens with zero attached hydrogens (tertiary/aromatic N) is 2. The summed E-state index contributed by atoms with van der Waals surface area (Å²) in [5, 5.41) is 4.36. The molecule has 2 aromatic rings. The number of halogens is 1. The van der Waals surface area contributed by atoms with Crippen molar-refractivity contribution < 1.29 is 0 Å². The van der Waals surface area contributed by atoms with Crippen LogP contribution in [-0.4, -0.2) is 14.8 Å². The minimum atomic E-state index is 0.517. The standard InChI is InChI=1S/C14H18ClN3S/c1-2-9-4-3-5-10(8-9)16-13-11(15)6-7-12-14(13)18-19-17-12/h6-7,9-10,16H,2-5,8H2,1H3. The van der Waals surface area contributed by atoms with Crippen LogP contribution in [0, 0.1) is 5.92 Å². The lowest BCUT2D eigenvalue weighted by molar-refractivity contribution is 0.327. The van der Waals surface area contributed by atoms with Crippen LogP contribution in [0.2, 0.25) is 5.02 Å². The van der Waals surface area contributed by atoms with Gasteiger partial charge >= 0.3 is 0 Å². The fraction of sp³-hybridized carbons (Fsp3) is 0.571. The second-order valence-corrected chi connectivity index (χ2v) is 6.27. The summed E-state index contributed by atoms with van der Waals surface area (Å²) >= 11 is 7.57. The first-order valence-corrected chi connectivity index (χ1v) is 8.06. The van der Waals surface area contributed by atoms with Crippen LogP contribution in [0.1, 0.15) is 39.0 Å². The predicted octanol–water partition coefficient (Wildman–Crippen LogP) is 4.73. The van der Waals surface area contributed by atoms with Gasteiger partial charge in [-0.2, -0.15) is 8.75 Å². The third kappa shape index (κ3) is 2.70. The topological polar surface area (TPSA) is 37.8 Å². The van der Waals surface area contributed by atoms with Crippen LogP contribution in [0.4, 0.5) is 5.69 Å². The zero-order chi connectivity index (χ0) is 13.2. The largest absolute Gasteiger partial charge is 0.379 e. The van der Waals surface area contributed by atoms with E-state index in [1.807, 2.05) is 12.1 Å². The van der Waals surface area contributed by atoms with Crippen LogP contribution in [0.5, 0.6) is 0 Å². The quantitative estimate of drug-likeness (QED) is 0.890. The summed E-state index contributed by atoms with van der Waals surface area (Å²) in [4.78, 5) is 0. The molecular weight excluding hydrogens is 278 g/mol. The summed E-state index contributed by atoms with van der Waals surface area (Å²) in [5.74, 6) is 0.845. The molecule has 102 valence electrons. The van der Waals surface area contributed by atoms with E-state index in [2.05, 4.69) is 21.0 Å². The molecule has 3 nitrogen and oxygen atoms in total. The number of anilines is 1. The maximum atomic E-state index is 6.32. The molecule has 1 fully saturated rings. The second-order valence-electron chi connectivity index (χ2n) is 5.34. The number of fused-ring (bicyclic) bond motifs is 1. The molecule has 1 aliphatic carbocycles. The molecule has 0 amide bonds. The van der Waals surface area contributed by atoms with E-state index in [9.17, 15) is 0 Å². The Balaban J connectivity index is 1.84. The molecule has 0 radical (unpaired) electrons. The van der Waals surface area contributed by atoms with Crippen molar-refractivity contribution in [3.05, 3.63) is 17.2 Å². The molecule has 1 aromatic heterocycles. The van der Waals surface area contributed by atoms with Crippen molar-refractivity contribution in [2.75, 3.05) is 5.32 Å². The summed E-state index contributed by atoms with van der Waals surface area (Å²) in [6.07, 6.45) is 6.40. The Kier molecular flexibility index (Phi) is 3.89. The number of rotatable bonds is 3. The molecule has 0 aliphatic heterocycles. The first-order valence-electron chi connectivity index (χ1n) is 6.95. The van der Waals surface area contributed by atoms with Crippen molar-refractivity contribution in [3.63, 3.8) is 0 Å². The maximum absolute atomic E-state index is 6.32. The van der Waals surface area contributed by atoms with Crippen molar-refractivity contribution in [2.24, 2.45) is 5.92 Å². The highest BCUT2D eigenvalue weighted by atomic mass is 35.5. The molecule has 1 aliphatic rings. The number of aromatic nitrogens is 2. The predicted molar refractivity (Wildman–Crippen MR) is 82.1 cm³/mol. The molecule has 3 rings (SSSR count). The zero-order valence-corrected chi connectivity index (χ0v) is 12.6. The van der Waals surface area contributed by atoms with Crippen LogP contribution in [0.15, 0.2) is 12.1 Å². The van der Waals surface area contributed by atoms with Crippen LogP contribution >= 0.6 is 23.3 Å². The minimum absolute atomic E-state index is 0.517. The van der Waals surface area contributed by atoms with E-state index in [0.717, 1.165) is 27.7 Å². The number of hydrogen-bond acceptors (Lipinski definition) is 4. The Morgan fingerprint density at radius 1 is 1.37 bits per heavy atom. The maximum Gasteiger partial charge on any atom is 0.129 e. The monoisotopic (exact) mass is 295 g/mol. The SMILES string of the molecule is CCC1CCCC(Nc2c(Cl)ccc3nsnc23)C1. The van der Waals surface area contributed by atoms with Gasteiger partial charge in [-0.15, -0.1) is 0 Å². The molecule has 0 saturated heterocycles. The van der Waals surface area contributed by atoms with Gasteiger partial charge in [-0.05, 0) is 30.9 Å². The highest BCUT2D eigenvalue weighted by Crippen LogP contribution is 2.34. The molecule has 1 aromatic carbocycles. The Morgan fingerprint density at radius 2 is 2.26 bits per heavy atom. The highest BCUT2D eigenvalue weighted by molar-refractivity contribution is 7.00. The van der Waals surface area contributed by atoms with Gasteiger partial charge in [0.1, 0.15) is 11.0 Å². The van der Waals surface area contributed by atoms with Crippen molar-refractivity contribution in [1.82, 2.24) is 8.75 Å². The molecule has 5 heteroatoms. The zero-order valence-electron chi connectivity index (χ0n) is 11.0. The second kappa shape index (κ2) is 5.63. The fourth-order valence-electron chi connectivity index (χ4n) is 2.96. The average Bonchev–Trinajstić information content (AvgIpc) is 2.91. The summed E-state index contributed by atoms with van der Waals surface area (Å²) in [7, 11) is 0. The summed E-state index contributed by atoms with van der Waals surface area (Å²) in [6, 6.07) is 4.36. The molecule has 1 heterocycles. The van der Waals surface area contributed by atoms with E-state index in [0.29, 0.717) is 6.04 Å². The molecular formula is C14H18ClN3S. The average molecular weight is 296 g/mol. The highest BCUT2D eigenvalue weighted by Gasteiger charge is 2.22. The Labute approximate surface area is 122 Å². The molecule has 19 heavy (non-hydrogen) atoms. The van der Waals surface area contributed by atoms with Gasteiger partial charge in [0.05, 0.1) is 22.4 Å². The minimum Gasteiger partial charge on any atom is -0.379 e. The van der Waals surface area contributed by atoms with Gasteiger partial charge in [-0.3, -0.25) is 0 Å². The van der Waals surface area contributed by atoms with Crippen molar-refractivity contribution in [2.45, 2.75) is 45.1 Å². The Hall–Kier alpha value is -0.870. The molecule has 2 unspecified atom stereocenters. The summed E-state index contributed by atoms with van der Waals surface area (Å²) < 4.78 is 8.64. The van der Waals surface area contributed by atoms with Crippen LogP contribution < -0.4 is 5.32 Å². The van der Waals surface area contributed by atoms with E-state index >= 15 is 0 Å². The van der Waals surface area contributed by atoms with Gasteiger partial charge in [0.2, 0.25) is 0 Å². The molecule has 0 spiro atoms. The lowest BCUT2D eigenvalue weighted by atomic mass is 9.84. The van der Waals surface area contributed by atoms with E-state index in [1.54, 1.807) is 0 Å². The molecule has 1 saturated carbocycles. The molecule has 0 bridgehead atoms. The van der Waals surface area contributed by atoms with Crippen LogP contribution in [0.25, 0.3) is 11.0 Å². The van der Waals surface area contributed by atoms with E-state index in [-0.39, 0.29) is 0 Å². The van der Waals surface area contributed by atoms with Crippen molar-refractivity contribution >= 4 is 40.0 Å². The normalized spacial score (nSPS) is 23.7. The van der Waals surface area contributed by atoms with E-state index in [4.69, 9.17) is 11.6 Å². The smallest absolute Gasteiger partial charge is 0.129 e. The van der Waals surface area contributed by atoms with E-state index < -0.39 is 0 Å². The third-order valence-electron chi connectivity index (χ3n) is 4.09. The van der Waals surface area contributed by atoms with Gasteiger partial charge in [-0.25, -0.2) is 0 Å². The Morgan fingerprint density at radius 3 is 3.11 bits per heavy atom. The Bertz CT molecular complexity index is 569. The lowest BCUT2D eigenvalue weighted by Crippen LogP contribution is -2.27. The van der Waals surface area contributed by atoms with Gasteiger partial charge in [0.25, 0.3) is 0 Å². The number of benzene rings is 1. The summed E-state index contributed by atoms with van der Waals surface area (Å²) in [5.41, 5.74) is 2.81. The number of hydrogen-bond donors (Lipinski definition) is 1. The first-order chi connectivity index (χ1) is 9.28. The van der Waals surface area contributed by atoms with E-state index in [1.165, 1.54) is 43.8 Å². The van der Waals surface area contributed by atoms with Crippen molar-refractivity contribution in [3.8, 4) is 0 Å². The van der Waals surface area contributed by atoms with Gasteiger partial charge in [0.15, 0.2) is 0 Å². The molecule has 2 atom stereocenters. The third-order valence-corrected chi connectivity index (χ3v) is 4.94. The first kappa shape index (κ1) is 13.1. The van der Waals surface area contributed by atoms with Crippen LogP contribution in [-0.2, 0) is 0 Å². The van der Waals surface area contributed by atoms with Gasteiger partial charge in [-0.1, -0.05) is 37.8 Å². The van der Waals surface area contributed by atoms with Crippen molar-refractivity contribution in [1.29, 1.82) is 0 Å². The number of nitrogens with one attached hydrogen (secondary N) is 1. The van der Waals surface area contributed by atoms with Gasteiger partial charge in [0, 0.05) is 6.04 Å². The van der Waals surface area contributed by atoms with Crippen LogP contribution in [0.3, 0.4) is 0 Å². The lowest BCUT2D eigenvalue weighted by Gasteiger charge is -2.30. The van der Waals surface area contributed by atoms with Gasteiger partial charge < -0.3 is 5.32 Å².